The largest absolute Gasteiger partial charge is 0.387 e. The van der Waals surface area contributed by atoms with Gasteiger partial charge in [0, 0.05) is 6.26 Å². The number of hydrogen-bond donors (Lipinski definition) is 1. The van der Waals surface area contributed by atoms with Crippen molar-refractivity contribution in [2.45, 2.75) is 24.7 Å². The van der Waals surface area contributed by atoms with E-state index in [-0.39, 0.29) is 0 Å². The molecule has 1 N–H and O–H groups in total. The van der Waals surface area contributed by atoms with Crippen LogP contribution in [0.4, 0.5) is 0 Å². The van der Waals surface area contributed by atoms with Crippen molar-refractivity contribution in [3.63, 3.8) is 0 Å². The lowest BCUT2D eigenvalue weighted by Crippen LogP contribution is -2.26. The molecule has 0 aliphatic rings. The van der Waals surface area contributed by atoms with Crippen molar-refractivity contribution in [2.75, 3.05) is 6.26 Å². The highest BCUT2D eigenvalue weighted by Gasteiger charge is 2.28. The van der Waals surface area contributed by atoms with Gasteiger partial charge < -0.3 is 5.11 Å². The molecule has 0 saturated carbocycles. The quantitative estimate of drug-likeness (QED) is 0.923. The monoisotopic (exact) mass is 304 g/mol. The Balaban J connectivity index is 2.27. The van der Waals surface area contributed by atoms with E-state index in [9.17, 15) is 13.5 Å². The van der Waals surface area contributed by atoms with Crippen LogP contribution in [0, 0.1) is 0 Å². The summed E-state index contributed by atoms with van der Waals surface area (Å²) in [5.41, 5.74) is 2.76. The van der Waals surface area contributed by atoms with E-state index in [2.05, 4.69) is 0 Å². The summed E-state index contributed by atoms with van der Waals surface area (Å²) in [5.74, 6) is 0. The predicted molar refractivity (Wildman–Crippen MR) is 85.8 cm³/mol. The van der Waals surface area contributed by atoms with Crippen molar-refractivity contribution >= 4 is 9.84 Å². The van der Waals surface area contributed by atoms with Gasteiger partial charge in [0.15, 0.2) is 9.84 Å². The number of aliphatic hydroxyl groups excluding tert-OH is 1. The van der Waals surface area contributed by atoms with E-state index in [1.807, 2.05) is 42.5 Å². The lowest BCUT2D eigenvalue weighted by atomic mass is 10.00. The zero-order chi connectivity index (χ0) is 15.5. The molecule has 112 valence electrons. The van der Waals surface area contributed by atoms with Crippen molar-refractivity contribution in [1.29, 1.82) is 0 Å². The third-order valence-corrected chi connectivity index (χ3v) is 5.35. The second-order valence-electron chi connectivity index (χ2n) is 5.21. The maximum absolute atomic E-state index is 11.7. The van der Waals surface area contributed by atoms with E-state index in [4.69, 9.17) is 0 Å². The Labute approximate surface area is 126 Å². The van der Waals surface area contributed by atoms with Crippen LogP contribution >= 0.6 is 0 Å². The van der Waals surface area contributed by atoms with E-state index >= 15 is 0 Å². The average molecular weight is 304 g/mol. The number of benzene rings is 2. The first-order valence-corrected chi connectivity index (χ1v) is 8.91. The third-order valence-electron chi connectivity index (χ3n) is 3.66. The summed E-state index contributed by atoms with van der Waals surface area (Å²) in [4.78, 5) is 0. The molecule has 0 spiro atoms. The molecule has 0 saturated heterocycles. The Hall–Kier alpha value is -1.65. The van der Waals surface area contributed by atoms with E-state index < -0.39 is 21.2 Å². The van der Waals surface area contributed by atoms with Crippen molar-refractivity contribution in [3.05, 3.63) is 60.2 Å². The van der Waals surface area contributed by atoms with Gasteiger partial charge in [-0.15, -0.1) is 0 Å². The molecule has 3 nitrogen and oxygen atoms in total. The highest BCUT2D eigenvalue weighted by molar-refractivity contribution is 7.91. The van der Waals surface area contributed by atoms with Gasteiger partial charge >= 0.3 is 0 Å². The highest BCUT2D eigenvalue weighted by atomic mass is 32.2. The number of sulfone groups is 1. The fourth-order valence-electron chi connectivity index (χ4n) is 2.48. The van der Waals surface area contributed by atoms with Crippen molar-refractivity contribution in [3.8, 4) is 11.1 Å². The Kier molecular flexibility index (Phi) is 4.80. The second-order valence-corrected chi connectivity index (χ2v) is 7.47. The summed E-state index contributed by atoms with van der Waals surface area (Å²) >= 11 is 0. The van der Waals surface area contributed by atoms with Crippen LogP contribution in [-0.2, 0) is 9.84 Å². The van der Waals surface area contributed by atoms with E-state index in [0.29, 0.717) is 12.0 Å². The van der Waals surface area contributed by atoms with Crippen molar-refractivity contribution < 1.29 is 13.5 Å². The molecule has 2 atom stereocenters. The molecular formula is C17H20O3S. The number of aliphatic hydroxyl groups is 1. The average Bonchev–Trinajstić information content (AvgIpc) is 2.47. The second kappa shape index (κ2) is 6.41. The zero-order valence-electron chi connectivity index (χ0n) is 12.2. The molecule has 0 heterocycles. The summed E-state index contributed by atoms with van der Waals surface area (Å²) in [6.45, 7) is 1.77. The standard InChI is InChI=1S/C17H20O3S/c1-3-16(21(2,19)20)17(18)15-11-9-14(10-12-15)13-7-5-4-6-8-13/h4-12,16-18H,3H2,1-2H3/t16-,17-/m0/s1. The Bertz CT molecular complexity index is 676. The summed E-state index contributed by atoms with van der Waals surface area (Å²) in [6, 6.07) is 17.3. The third kappa shape index (κ3) is 3.71. The van der Waals surface area contributed by atoms with Crippen LogP contribution in [0.15, 0.2) is 54.6 Å². The minimum atomic E-state index is -3.27. The molecule has 2 rings (SSSR count). The normalized spacial score (nSPS) is 14.6. The van der Waals surface area contributed by atoms with Gasteiger partial charge in [-0.3, -0.25) is 0 Å². The predicted octanol–water partition coefficient (Wildman–Crippen LogP) is 3.21. The van der Waals surface area contributed by atoms with Crippen molar-refractivity contribution in [2.24, 2.45) is 0 Å². The first-order valence-electron chi connectivity index (χ1n) is 6.95. The molecule has 0 bridgehead atoms. The van der Waals surface area contributed by atoms with Gasteiger partial charge in [0.25, 0.3) is 0 Å². The van der Waals surface area contributed by atoms with Gasteiger partial charge in [0.2, 0.25) is 0 Å². The van der Waals surface area contributed by atoms with Gasteiger partial charge in [0.05, 0.1) is 11.4 Å². The van der Waals surface area contributed by atoms with E-state index in [0.717, 1.165) is 11.1 Å². The zero-order valence-corrected chi connectivity index (χ0v) is 13.0. The Morgan fingerprint density at radius 1 is 0.952 bits per heavy atom. The Morgan fingerprint density at radius 3 is 1.95 bits per heavy atom. The van der Waals surface area contributed by atoms with Crippen LogP contribution < -0.4 is 0 Å². The molecule has 0 unspecified atom stereocenters. The minimum absolute atomic E-state index is 0.389. The highest BCUT2D eigenvalue weighted by Crippen LogP contribution is 2.27. The van der Waals surface area contributed by atoms with Gasteiger partial charge in [-0.1, -0.05) is 61.5 Å². The first-order chi connectivity index (χ1) is 9.93. The van der Waals surface area contributed by atoms with Crippen LogP contribution in [0.1, 0.15) is 25.0 Å². The molecule has 0 aliphatic heterocycles. The van der Waals surface area contributed by atoms with Gasteiger partial charge in [0.1, 0.15) is 0 Å². The molecular weight excluding hydrogens is 284 g/mol. The molecule has 0 amide bonds. The van der Waals surface area contributed by atoms with Crippen molar-refractivity contribution in [1.82, 2.24) is 0 Å². The van der Waals surface area contributed by atoms with Crippen LogP contribution in [0.5, 0.6) is 0 Å². The minimum Gasteiger partial charge on any atom is -0.387 e. The smallest absolute Gasteiger partial charge is 0.153 e. The topological polar surface area (TPSA) is 54.4 Å². The van der Waals surface area contributed by atoms with Crippen LogP contribution in [0.3, 0.4) is 0 Å². The molecule has 21 heavy (non-hydrogen) atoms. The SMILES string of the molecule is CC[C@@H]([C@@H](O)c1ccc(-c2ccccc2)cc1)S(C)(=O)=O. The lowest BCUT2D eigenvalue weighted by molar-refractivity contribution is 0.169. The van der Waals surface area contributed by atoms with Crippen LogP contribution in [0.25, 0.3) is 11.1 Å². The molecule has 0 radical (unpaired) electrons. The molecule has 2 aromatic rings. The summed E-state index contributed by atoms with van der Waals surface area (Å²) < 4.78 is 23.4. The van der Waals surface area contributed by atoms with Gasteiger partial charge in [-0.2, -0.15) is 0 Å². The number of hydrogen-bond acceptors (Lipinski definition) is 3. The summed E-state index contributed by atoms with van der Waals surface area (Å²) in [5, 5.41) is 9.53. The molecule has 2 aromatic carbocycles. The molecule has 0 aliphatic carbocycles. The maximum atomic E-state index is 11.7. The molecule has 0 aromatic heterocycles. The number of rotatable bonds is 5. The fraction of sp³-hybridized carbons (Fsp3) is 0.294. The van der Waals surface area contributed by atoms with Crippen LogP contribution in [0.2, 0.25) is 0 Å². The van der Waals surface area contributed by atoms with E-state index in [1.165, 1.54) is 6.26 Å². The first kappa shape index (κ1) is 15.7. The fourth-order valence-corrected chi connectivity index (χ4v) is 3.71. The summed E-state index contributed by atoms with van der Waals surface area (Å²) in [6.07, 6.45) is 0.568. The molecule has 0 fully saturated rings. The van der Waals surface area contributed by atoms with Crippen LogP contribution in [-0.4, -0.2) is 25.0 Å². The van der Waals surface area contributed by atoms with E-state index in [1.54, 1.807) is 19.1 Å². The molecule has 4 heteroatoms. The van der Waals surface area contributed by atoms with Gasteiger partial charge in [-0.05, 0) is 23.1 Å². The van der Waals surface area contributed by atoms with Gasteiger partial charge in [-0.25, -0.2) is 8.42 Å². The lowest BCUT2D eigenvalue weighted by Gasteiger charge is -2.20. The maximum Gasteiger partial charge on any atom is 0.153 e. The summed E-state index contributed by atoms with van der Waals surface area (Å²) in [7, 11) is -3.27. The Morgan fingerprint density at radius 2 is 1.48 bits per heavy atom.